The van der Waals surface area contributed by atoms with Crippen LogP contribution in [0, 0.1) is 5.41 Å². The lowest BCUT2D eigenvalue weighted by Crippen LogP contribution is -2.41. The normalized spacial score (nSPS) is 16.9. The third kappa shape index (κ3) is 4.39. The first-order valence-corrected chi connectivity index (χ1v) is 7.43. The van der Waals surface area contributed by atoms with Crippen molar-refractivity contribution < 1.29 is 5.11 Å². The minimum Gasteiger partial charge on any atom is -0.396 e. The molecule has 0 radical (unpaired) electrons. The molecular weight excluding hydrogens is 274 g/mol. The van der Waals surface area contributed by atoms with E-state index in [2.05, 4.69) is 15.6 Å². The number of nitrogens with zero attached hydrogens (tertiary/aromatic N) is 1. The molecule has 1 aromatic rings. The van der Waals surface area contributed by atoms with Crippen LogP contribution in [0.5, 0.6) is 0 Å². The van der Waals surface area contributed by atoms with Crippen LogP contribution >= 0.6 is 11.6 Å². The number of rotatable bonds is 6. The summed E-state index contributed by atoms with van der Waals surface area (Å²) in [4.78, 5) is 4.54. The average molecular weight is 296 g/mol. The molecule has 0 aliphatic heterocycles. The molecule has 1 saturated carbocycles. The van der Waals surface area contributed by atoms with Crippen LogP contribution in [-0.2, 0) is 6.54 Å². The molecule has 0 saturated heterocycles. The molecule has 1 aromatic carbocycles. The summed E-state index contributed by atoms with van der Waals surface area (Å²) in [7, 11) is 0. The molecule has 0 bridgehead atoms. The monoisotopic (exact) mass is 295 g/mol. The third-order valence-electron chi connectivity index (χ3n) is 3.58. The van der Waals surface area contributed by atoms with Crippen LogP contribution in [0.3, 0.4) is 0 Å². The molecule has 0 unspecified atom stereocenters. The Hall–Kier alpha value is -1.26. The number of nitrogens with one attached hydrogen (secondary N) is 2. The Morgan fingerprint density at radius 2 is 2.20 bits per heavy atom. The Bertz CT molecular complexity index is 472. The number of benzene rings is 1. The number of aliphatic hydroxyl groups is 1. The summed E-state index contributed by atoms with van der Waals surface area (Å²) >= 11 is 5.96. The number of halogens is 1. The summed E-state index contributed by atoms with van der Waals surface area (Å²) in [5.74, 6) is 0.784. The van der Waals surface area contributed by atoms with Crippen molar-refractivity contribution >= 4 is 17.6 Å². The molecule has 1 aliphatic carbocycles. The van der Waals surface area contributed by atoms with Gasteiger partial charge in [0.25, 0.3) is 0 Å². The summed E-state index contributed by atoms with van der Waals surface area (Å²) in [5.41, 5.74) is 1.16. The van der Waals surface area contributed by atoms with Gasteiger partial charge < -0.3 is 15.7 Å². The van der Waals surface area contributed by atoms with E-state index in [1.807, 2.05) is 31.2 Å². The molecule has 0 heterocycles. The predicted molar refractivity (Wildman–Crippen MR) is 83.0 cm³/mol. The van der Waals surface area contributed by atoms with Crippen molar-refractivity contribution in [1.29, 1.82) is 0 Å². The highest BCUT2D eigenvalue weighted by Crippen LogP contribution is 2.44. The molecule has 0 atom stereocenters. The van der Waals surface area contributed by atoms with E-state index in [4.69, 9.17) is 11.6 Å². The van der Waals surface area contributed by atoms with E-state index >= 15 is 0 Å². The van der Waals surface area contributed by atoms with Crippen LogP contribution < -0.4 is 10.6 Å². The summed E-state index contributed by atoms with van der Waals surface area (Å²) in [5, 5.41) is 16.6. The van der Waals surface area contributed by atoms with E-state index in [0.717, 1.165) is 42.5 Å². The number of hydrogen-bond donors (Lipinski definition) is 3. The van der Waals surface area contributed by atoms with E-state index in [9.17, 15) is 5.11 Å². The van der Waals surface area contributed by atoms with E-state index in [1.54, 1.807) is 0 Å². The average Bonchev–Trinajstić information content (AvgIpc) is 3.23. The summed E-state index contributed by atoms with van der Waals surface area (Å²) in [6.07, 6.45) is 2.17. The van der Waals surface area contributed by atoms with Gasteiger partial charge in [0.1, 0.15) is 0 Å². The second-order valence-corrected chi connectivity index (χ2v) is 5.77. The fourth-order valence-corrected chi connectivity index (χ4v) is 2.20. The number of guanidine groups is 1. The van der Waals surface area contributed by atoms with Gasteiger partial charge in [0, 0.05) is 23.5 Å². The van der Waals surface area contributed by atoms with Crippen molar-refractivity contribution in [3.63, 3.8) is 0 Å². The third-order valence-corrected chi connectivity index (χ3v) is 3.81. The van der Waals surface area contributed by atoms with Crippen LogP contribution in [-0.4, -0.2) is 30.8 Å². The lowest BCUT2D eigenvalue weighted by Gasteiger charge is -2.16. The van der Waals surface area contributed by atoms with Gasteiger partial charge in [0.15, 0.2) is 5.96 Å². The molecule has 20 heavy (non-hydrogen) atoms. The second kappa shape index (κ2) is 6.95. The Labute approximate surface area is 125 Å². The molecule has 0 amide bonds. The second-order valence-electron chi connectivity index (χ2n) is 5.34. The maximum absolute atomic E-state index is 9.32. The molecule has 5 heteroatoms. The zero-order valence-corrected chi connectivity index (χ0v) is 12.6. The fourth-order valence-electron chi connectivity index (χ4n) is 1.99. The Morgan fingerprint density at radius 3 is 2.80 bits per heavy atom. The first-order chi connectivity index (χ1) is 9.67. The van der Waals surface area contributed by atoms with Gasteiger partial charge in [-0.3, -0.25) is 0 Å². The summed E-state index contributed by atoms with van der Waals surface area (Å²) < 4.78 is 0. The van der Waals surface area contributed by atoms with Gasteiger partial charge >= 0.3 is 0 Å². The van der Waals surface area contributed by atoms with E-state index in [-0.39, 0.29) is 12.0 Å². The van der Waals surface area contributed by atoms with Gasteiger partial charge in [-0.05, 0) is 37.5 Å². The Morgan fingerprint density at radius 1 is 1.40 bits per heavy atom. The number of aliphatic imine (C=N–C) groups is 1. The topological polar surface area (TPSA) is 56.7 Å². The minimum atomic E-state index is 0.0756. The fraction of sp³-hybridized carbons (Fsp3) is 0.533. The molecule has 0 aromatic heterocycles. The van der Waals surface area contributed by atoms with Gasteiger partial charge in [-0.25, -0.2) is 4.99 Å². The van der Waals surface area contributed by atoms with Crippen LogP contribution in [0.1, 0.15) is 25.3 Å². The van der Waals surface area contributed by atoms with Crippen LogP contribution in [0.15, 0.2) is 29.3 Å². The van der Waals surface area contributed by atoms with Crippen molar-refractivity contribution in [1.82, 2.24) is 10.6 Å². The largest absolute Gasteiger partial charge is 0.396 e. The maximum Gasteiger partial charge on any atom is 0.191 e. The van der Waals surface area contributed by atoms with Crippen molar-refractivity contribution in [2.24, 2.45) is 10.4 Å². The number of hydrogen-bond acceptors (Lipinski definition) is 2. The Balaban J connectivity index is 1.91. The zero-order valence-electron chi connectivity index (χ0n) is 11.8. The molecular formula is C15H22ClN3O. The van der Waals surface area contributed by atoms with Gasteiger partial charge in [0.2, 0.25) is 0 Å². The van der Waals surface area contributed by atoms with E-state index in [1.165, 1.54) is 0 Å². The molecule has 4 nitrogen and oxygen atoms in total. The quantitative estimate of drug-likeness (QED) is 0.557. The SMILES string of the molecule is CCNC(=NCc1cccc(Cl)c1)NCC1(CO)CC1. The van der Waals surface area contributed by atoms with E-state index < -0.39 is 0 Å². The minimum absolute atomic E-state index is 0.0756. The van der Waals surface area contributed by atoms with E-state index in [0.29, 0.717) is 6.54 Å². The van der Waals surface area contributed by atoms with Gasteiger partial charge in [-0.2, -0.15) is 0 Å². The molecule has 110 valence electrons. The van der Waals surface area contributed by atoms with Crippen LogP contribution in [0.4, 0.5) is 0 Å². The maximum atomic E-state index is 9.32. The zero-order chi connectivity index (χ0) is 14.4. The lowest BCUT2D eigenvalue weighted by atomic mass is 10.1. The first kappa shape index (κ1) is 15.1. The van der Waals surface area contributed by atoms with Gasteiger partial charge in [0.05, 0.1) is 13.2 Å². The van der Waals surface area contributed by atoms with Crippen molar-refractivity contribution in [2.75, 3.05) is 19.7 Å². The van der Waals surface area contributed by atoms with Crippen molar-refractivity contribution in [2.45, 2.75) is 26.3 Å². The lowest BCUT2D eigenvalue weighted by molar-refractivity contribution is 0.212. The smallest absolute Gasteiger partial charge is 0.191 e. The molecule has 1 fully saturated rings. The predicted octanol–water partition coefficient (Wildman–Crippen LogP) is 2.17. The van der Waals surface area contributed by atoms with Gasteiger partial charge in [-0.1, -0.05) is 23.7 Å². The first-order valence-electron chi connectivity index (χ1n) is 7.05. The highest BCUT2D eigenvalue weighted by molar-refractivity contribution is 6.30. The van der Waals surface area contributed by atoms with Crippen molar-refractivity contribution in [3.8, 4) is 0 Å². The molecule has 3 N–H and O–H groups in total. The Kier molecular flexibility index (Phi) is 5.26. The van der Waals surface area contributed by atoms with Crippen LogP contribution in [0.2, 0.25) is 5.02 Å². The summed E-state index contributed by atoms with van der Waals surface area (Å²) in [6, 6.07) is 7.72. The summed E-state index contributed by atoms with van der Waals surface area (Å²) in [6.45, 7) is 4.45. The number of aliphatic hydroxyl groups excluding tert-OH is 1. The standard InChI is InChI=1S/C15H22ClN3O/c1-2-17-14(19-10-15(11-20)6-7-15)18-9-12-4-3-5-13(16)8-12/h3-5,8,20H,2,6-7,9-11H2,1H3,(H2,17,18,19). The van der Waals surface area contributed by atoms with Crippen LogP contribution in [0.25, 0.3) is 0 Å². The molecule has 2 rings (SSSR count). The molecule has 0 spiro atoms. The molecule has 1 aliphatic rings. The highest BCUT2D eigenvalue weighted by atomic mass is 35.5. The van der Waals surface area contributed by atoms with Gasteiger partial charge in [-0.15, -0.1) is 0 Å². The van der Waals surface area contributed by atoms with Crippen molar-refractivity contribution in [3.05, 3.63) is 34.9 Å². The highest BCUT2D eigenvalue weighted by Gasteiger charge is 2.41.